The van der Waals surface area contributed by atoms with Gasteiger partial charge in [0.1, 0.15) is 6.10 Å². The second-order valence-corrected chi connectivity index (χ2v) is 3.90. The third-order valence-corrected chi connectivity index (χ3v) is 2.19. The number of carbonyl (C=O) groups excluding carboxylic acids is 1. The summed E-state index contributed by atoms with van der Waals surface area (Å²) >= 11 is 0. The van der Waals surface area contributed by atoms with Crippen molar-refractivity contribution in [1.82, 2.24) is 0 Å². The van der Waals surface area contributed by atoms with Gasteiger partial charge in [0, 0.05) is 0 Å². The molecular formula is C10H16O4. The Labute approximate surface area is 83.4 Å². The predicted molar refractivity (Wildman–Crippen MR) is 50.7 cm³/mol. The van der Waals surface area contributed by atoms with E-state index < -0.39 is 11.6 Å². The van der Waals surface area contributed by atoms with Crippen LogP contribution in [0.3, 0.4) is 0 Å². The molecule has 0 bridgehead atoms. The molecule has 1 rings (SSSR count). The lowest BCUT2D eigenvalue weighted by molar-refractivity contribution is -0.309. The van der Waals surface area contributed by atoms with Gasteiger partial charge in [-0.3, -0.25) is 5.26 Å². The molecule has 4 nitrogen and oxygen atoms in total. The van der Waals surface area contributed by atoms with E-state index in [1.807, 2.05) is 12.2 Å². The van der Waals surface area contributed by atoms with E-state index in [1.165, 1.54) is 13.8 Å². The molecule has 80 valence electrons. The highest BCUT2D eigenvalue weighted by Gasteiger charge is 2.32. The summed E-state index contributed by atoms with van der Waals surface area (Å²) in [5.41, 5.74) is -1.29. The Morgan fingerprint density at radius 3 is 2.79 bits per heavy atom. The van der Waals surface area contributed by atoms with Gasteiger partial charge in [0.2, 0.25) is 0 Å². The van der Waals surface area contributed by atoms with Crippen molar-refractivity contribution in [3.05, 3.63) is 12.2 Å². The first-order valence-corrected chi connectivity index (χ1v) is 4.76. The Balaban J connectivity index is 2.47. The van der Waals surface area contributed by atoms with Gasteiger partial charge in [-0.2, -0.15) is 0 Å². The molecule has 0 radical (unpaired) electrons. The normalized spacial score (nSPS) is 22.1. The topological polar surface area (TPSA) is 55.8 Å². The van der Waals surface area contributed by atoms with Crippen LogP contribution in [0.1, 0.15) is 33.1 Å². The van der Waals surface area contributed by atoms with E-state index in [4.69, 9.17) is 9.99 Å². The number of esters is 1. The average Bonchev–Trinajstić information content (AvgIpc) is 2.19. The van der Waals surface area contributed by atoms with Crippen LogP contribution < -0.4 is 0 Å². The first-order chi connectivity index (χ1) is 6.56. The third-order valence-electron chi connectivity index (χ3n) is 2.19. The van der Waals surface area contributed by atoms with Gasteiger partial charge in [0.15, 0.2) is 5.60 Å². The van der Waals surface area contributed by atoms with Crippen LogP contribution in [0.5, 0.6) is 0 Å². The highest BCUT2D eigenvalue weighted by atomic mass is 17.1. The van der Waals surface area contributed by atoms with Crippen LogP contribution in [0, 0.1) is 0 Å². The van der Waals surface area contributed by atoms with Crippen LogP contribution in [-0.4, -0.2) is 22.9 Å². The smallest absolute Gasteiger partial charge is 0.341 e. The first-order valence-electron chi connectivity index (χ1n) is 4.76. The van der Waals surface area contributed by atoms with Gasteiger partial charge in [-0.25, -0.2) is 9.68 Å². The summed E-state index contributed by atoms with van der Waals surface area (Å²) < 4.78 is 5.14. The third kappa shape index (κ3) is 2.82. The number of hydrogen-bond donors (Lipinski definition) is 1. The first kappa shape index (κ1) is 11.2. The van der Waals surface area contributed by atoms with Gasteiger partial charge in [0.25, 0.3) is 0 Å². The zero-order valence-corrected chi connectivity index (χ0v) is 8.53. The van der Waals surface area contributed by atoms with Crippen molar-refractivity contribution in [3.63, 3.8) is 0 Å². The zero-order chi connectivity index (χ0) is 10.6. The van der Waals surface area contributed by atoms with E-state index in [-0.39, 0.29) is 6.10 Å². The van der Waals surface area contributed by atoms with Crippen LogP contribution in [0.2, 0.25) is 0 Å². The van der Waals surface area contributed by atoms with E-state index in [1.54, 1.807) is 0 Å². The Morgan fingerprint density at radius 2 is 2.29 bits per heavy atom. The number of carbonyl (C=O) groups is 1. The van der Waals surface area contributed by atoms with E-state index in [9.17, 15) is 4.79 Å². The quantitative estimate of drug-likeness (QED) is 0.327. The van der Waals surface area contributed by atoms with Crippen LogP contribution >= 0.6 is 0 Å². The Morgan fingerprint density at radius 1 is 1.57 bits per heavy atom. The highest BCUT2D eigenvalue weighted by Crippen LogP contribution is 2.17. The molecule has 0 heterocycles. The fourth-order valence-corrected chi connectivity index (χ4v) is 1.20. The van der Waals surface area contributed by atoms with Crippen molar-refractivity contribution in [2.75, 3.05) is 0 Å². The van der Waals surface area contributed by atoms with Crippen LogP contribution in [0.15, 0.2) is 12.2 Å². The van der Waals surface area contributed by atoms with Gasteiger partial charge in [-0.1, -0.05) is 6.08 Å². The van der Waals surface area contributed by atoms with Gasteiger partial charge in [-0.15, -0.1) is 0 Å². The summed E-state index contributed by atoms with van der Waals surface area (Å²) in [5, 5.41) is 8.48. The molecule has 0 amide bonds. The highest BCUT2D eigenvalue weighted by molar-refractivity contribution is 5.78. The lowest BCUT2D eigenvalue weighted by Gasteiger charge is -2.23. The molecule has 1 atom stereocenters. The van der Waals surface area contributed by atoms with E-state index >= 15 is 0 Å². The maximum atomic E-state index is 11.4. The molecule has 0 spiro atoms. The average molecular weight is 200 g/mol. The van der Waals surface area contributed by atoms with Crippen molar-refractivity contribution in [1.29, 1.82) is 0 Å². The van der Waals surface area contributed by atoms with Crippen molar-refractivity contribution >= 4 is 5.97 Å². The minimum absolute atomic E-state index is 0.175. The molecule has 0 saturated heterocycles. The van der Waals surface area contributed by atoms with E-state index in [2.05, 4.69) is 4.89 Å². The number of allylic oxidation sites excluding steroid dienone is 1. The van der Waals surface area contributed by atoms with Crippen LogP contribution in [-0.2, 0) is 14.4 Å². The van der Waals surface area contributed by atoms with E-state index in [0.29, 0.717) is 0 Å². The minimum Gasteiger partial charge on any atom is -0.456 e. The minimum atomic E-state index is -1.29. The standard InChI is InChI=1S/C10H16O4/c1-10(2,14-12)9(11)13-8-6-4-3-5-7-8/h4,6,8,12H,3,5,7H2,1-2H3. The van der Waals surface area contributed by atoms with Gasteiger partial charge >= 0.3 is 5.97 Å². The van der Waals surface area contributed by atoms with Crippen molar-refractivity contribution in [3.8, 4) is 0 Å². The van der Waals surface area contributed by atoms with Gasteiger partial charge < -0.3 is 4.74 Å². The zero-order valence-electron chi connectivity index (χ0n) is 8.53. The summed E-state index contributed by atoms with van der Waals surface area (Å²) in [6, 6.07) is 0. The predicted octanol–water partition coefficient (Wildman–Crippen LogP) is 1.91. The largest absolute Gasteiger partial charge is 0.456 e. The number of hydrogen-bond acceptors (Lipinski definition) is 4. The number of ether oxygens (including phenoxy) is 1. The lowest BCUT2D eigenvalue weighted by Crippen LogP contribution is -2.38. The molecule has 0 saturated carbocycles. The summed E-state index contributed by atoms with van der Waals surface area (Å²) in [6.45, 7) is 2.92. The second kappa shape index (κ2) is 4.57. The van der Waals surface area contributed by atoms with Gasteiger partial charge in [-0.05, 0) is 39.2 Å². The Bertz CT molecular complexity index is 232. The van der Waals surface area contributed by atoms with Crippen molar-refractivity contribution in [2.24, 2.45) is 0 Å². The fraction of sp³-hybridized carbons (Fsp3) is 0.700. The molecule has 0 aromatic heterocycles. The van der Waals surface area contributed by atoms with E-state index in [0.717, 1.165) is 19.3 Å². The maximum Gasteiger partial charge on any atom is 0.341 e. The molecule has 1 N–H and O–H groups in total. The summed E-state index contributed by atoms with van der Waals surface area (Å²) in [5.74, 6) is -0.545. The molecule has 0 aromatic rings. The monoisotopic (exact) mass is 200 g/mol. The lowest BCUT2D eigenvalue weighted by atomic mass is 10.0. The Hall–Kier alpha value is -0.870. The Kier molecular flexibility index (Phi) is 3.66. The van der Waals surface area contributed by atoms with Crippen LogP contribution in [0.25, 0.3) is 0 Å². The van der Waals surface area contributed by atoms with Crippen molar-refractivity contribution in [2.45, 2.75) is 44.8 Å². The summed E-state index contributed by atoms with van der Waals surface area (Å²) in [4.78, 5) is 15.5. The molecule has 4 heteroatoms. The molecule has 14 heavy (non-hydrogen) atoms. The van der Waals surface area contributed by atoms with Crippen LogP contribution in [0.4, 0.5) is 0 Å². The molecule has 0 aliphatic heterocycles. The molecule has 0 fully saturated rings. The molecule has 0 aromatic carbocycles. The summed E-state index contributed by atoms with van der Waals surface area (Å²) in [6.07, 6.45) is 6.58. The molecular weight excluding hydrogens is 184 g/mol. The number of rotatable bonds is 3. The van der Waals surface area contributed by atoms with Crippen molar-refractivity contribution < 1.29 is 19.7 Å². The maximum absolute atomic E-state index is 11.4. The summed E-state index contributed by atoms with van der Waals surface area (Å²) in [7, 11) is 0. The van der Waals surface area contributed by atoms with Gasteiger partial charge in [0.05, 0.1) is 0 Å². The second-order valence-electron chi connectivity index (χ2n) is 3.90. The fourth-order valence-electron chi connectivity index (χ4n) is 1.20. The SMILES string of the molecule is CC(C)(OO)C(=O)OC1C=CCCC1. The molecule has 1 aliphatic rings. The molecule has 1 aliphatic carbocycles. The molecule has 1 unspecified atom stereocenters.